The fraction of sp³-hybridized carbons (Fsp3) is 1.00. The lowest BCUT2D eigenvalue weighted by Gasteiger charge is -2.42. The second kappa shape index (κ2) is 7.58. The Bertz CT molecular complexity index is 241. The maximum absolute atomic E-state index is 5.75. The molecule has 2 fully saturated rings. The molecule has 4 heteroatoms. The summed E-state index contributed by atoms with van der Waals surface area (Å²) in [5.74, 6) is 0. The van der Waals surface area contributed by atoms with E-state index in [-0.39, 0.29) is 0 Å². The molecule has 0 bridgehead atoms. The lowest BCUT2D eigenvalue weighted by atomic mass is 9.81. The molecule has 0 amide bonds. The van der Waals surface area contributed by atoms with E-state index in [0.717, 1.165) is 26.4 Å². The van der Waals surface area contributed by atoms with Crippen molar-refractivity contribution in [2.24, 2.45) is 5.41 Å². The molecule has 4 nitrogen and oxygen atoms in total. The van der Waals surface area contributed by atoms with Crippen molar-refractivity contribution in [2.45, 2.75) is 38.7 Å². The van der Waals surface area contributed by atoms with Gasteiger partial charge in [-0.2, -0.15) is 0 Å². The zero-order valence-electron chi connectivity index (χ0n) is 12.6. The smallest absolute Gasteiger partial charge is 0.0599 e. The van der Waals surface area contributed by atoms with Gasteiger partial charge in [0.1, 0.15) is 0 Å². The van der Waals surface area contributed by atoms with Crippen LogP contribution in [0.5, 0.6) is 0 Å². The number of likely N-dealkylation sites (tertiary alicyclic amines) is 1. The Morgan fingerprint density at radius 3 is 2.74 bits per heavy atom. The monoisotopic (exact) mass is 270 g/mol. The molecule has 2 saturated heterocycles. The van der Waals surface area contributed by atoms with Gasteiger partial charge in [0.05, 0.1) is 12.7 Å². The summed E-state index contributed by atoms with van der Waals surface area (Å²) in [6, 6.07) is 0. The predicted molar refractivity (Wildman–Crippen MR) is 77.5 cm³/mol. The highest BCUT2D eigenvalue weighted by molar-refractivity contribution is 4.88. The van der Waals surface area contributed by atoms with Crippen LogP contribution in [-0.4, -0.2) is 64.1 Å². The van der Waals surface area contributed by atoms with Crippen molar-refractivity contribution in [3.8, 4) is 0 Å². The molecule has 0 aromatic rings. The Morgan fingerprint density at radius 1 is 1.37 bits per heavy atom. The van der Waals surface area contributed by atoms with Crippen molar-refractivity contribution >= 4 is 0 Å². The first-order valence-corrected chi connectivity index (χ1v) is 7.84. The number of nitrogens with zero attached hydrogens (tertiary/aromatic N) is 1. The molecule has 1 unspecified atom stereocenters. The summed E-state index contributed by atoms with van der Waals surface area (Å²) in [6.45, 7) is 9.39. The summed E-state index contributed by atoms with van der Waals surface area (Å²) in [5.41, 5.74) is 0.325. The van der Waals surface area contributed by atoms with Crippen molar-refractivity contribution in [3.63, 3.8) is 0 Å². The second-order valence-electron chi connectivity index (χ2n) is 6.12. The van der Waals surface area contributed by atoms with Crippen molar-refractivity contribution in [2.75, 3.05) is 53.0 Å². The van der Waals surface area contributed by atoms with Crippen LogP contribution in [-0.2, 0) is 9.47 Å². The van der Waals surface area contributed by atoms with Crippen LogP contribution in [0, 0.1) is 5.41 Å². The van der Waals surface area contributed by atoms with E-state index < -0.39 is 0 Å². The number of hydrogen-bond donors (Lipinski definition) is 1. The van der Waals surface area contributed by atoms with E-state index in [1.54, 1.807) is 0 Å². The van der Waals surface area contributed by atoms with Gasteiger partial charge in [-0.05, 0) is 39.7 Å². The standard InChI is InChI=1S/C15H30N2O2/c1-3-19-14-5-8-17(9-6-14)12-15(11-16-2)7-4-10-18-13-15/h14,16H,3-13H2,1-2H3. The Hall–Kier alpha value is -0.160. The Kier molecular flexibility index (Phi) is 6.07. The van der Waals surface area contributed by atoms with Crippen LogP contribution in [0.2, 0.25) is 0 Å². The topological polar surface area (TPSA) is 33.7 Å². The molecule has 0 aromatic carbocycles. The highest BCUT2D eigenvalue weighted by atomic mass is 16.5. The molecule has 2 aliphatic rings. The van der Waals surface area contributed by atoms with Crippen LogP contribution in [0.1, 0.15) is 32.6 Å². The first-order chi connectivity index (χ1) is 9.28. The van der Waals surface area contributed by atoms with Gasteiger partial charge in [-0.25, -0.2) is 0 Å². The zero-order valence-corrected chi connectivity index (χ0v) is 12.6. The number of ether oxygens (including phenoxy) is 2. The summed E-state index contributed by atoms with van der Waals surface area (Å²) < 4.78 is 11.5. The predicted octanol–water partition coefficient (Wildman–Crippen LogP) is 1.50. The van der Waals surface area contributed by atoms with Crippen LogP contribution in [0.4, 0.5) is 0 Å². The minimum Gasteiger partial charge on any atom is -0.381 e. The third-order valence-electron chi connectivity index (χ3n) is 4.45. The van der Waals surface area contributed by atoms with E-state index in [9.17, 15) is 0 Å². The van der Waals surface area contributed by atoms with E-state index in [1.165, 1.54) is 45.3 Å². The molecule has 0 spiro atoms. The van der Waals surface area contributed by atoms with Gasteiger partial charge in [0.2, 0.25) is 0 Å². The van der Waals surface area contributed by atoms with E-state index >= 15 is 0 Å². The Morgan fingerprint density at radius 2 is 2.16 bits per heavy atom. The normalized spacial score (nSPS) is 30.6. The molecular formula is C15H30N2O2. The highest BCUT2D eigenvalue weighted by Gasteiger charge is 2.35. The molecule has 0 aromatic heterocycles. The molecule has 19 heavy (non-hydrogen) atoms. The number of piperidine rings is 1. The first-order valence-electron chi connectivity index (χ1n) is 7.84. The van der Waals surface area contributed by atoms with Gasteiger partial charge < -0.3 is 19.7 Å². The Balaban J connectivity index is 1.81. The summed E-state index contributed by atoms with van der Waals surface area (Å²) in [5, 5.41) is 3.37. The minimum absolute atomic E-state index is 0.325. The van der Waals surface area contributed by atoms with Gasteiger partial charge in [0.25, 0.3) is 0 Å². The second-order valence-corrected chi connectivity index (χ2v) is 6.12. The summed E-state index contributed by atoms with van der Waals surface area (Å²) in [6.07, 6.45) is 5.36. The maximum atomic E-state index is 5.75. The van der Waals surface area contributed by atoms with Gasteiger partial charge in [0, 0.05) is 44.8 Å². The largest absolute Gasteiger partial charge is 0.381 e. The maximum Gasteiger partial charge on any atom is 0.0599 e. The first kappa shape index (κ1) is 15.2. The molecule has 112 valence electrons. The van der Waals surface area contributed by atoms with Crippen molar-refractivity contribution < 1.29 is 9.47 Å². The van der Waals surface area contributed by atoms with E-state index in [0.29, 0.717) is 11.5 Å². The molecule has 2 aliphatic heterocycles. The molecule has 2 rings (SSSR count). The molecule has 0 radical (unpaired) electrons. The van der Waals surface area contributed by atoms with Gasteiger partial charge in [-0.3, -0.25) is 0 Å². The third kappa shape index (κ3) is 4.42. The number of rotatable bonds is 6. The van der Waals surface area contributed by atoms with E-state index in [4.69, 9.17) is 9.47 Å². The van der Waals surface area contributed by atoms with Gasteiger partial charge in [-0.15, -0.1) is 0 Å². The van der Waals surface area contributed by atoms with Crippen LogP contribution in [0.25, 0.3) is 0 Å². The van der Waals surface area contributed by atoms with Crippen LogP contribution in [0.15, 0.2) is 0 Å². The summed E-state index contributed by atoms with van der Waals surface area (Å²) >= 11 is 0. The van der Waals surface area contributed by atoms with E-state index in [2.05, 4.69) is 24.2 Å². The molecular weight excluding hydrogens is 240 g/mol. The highest BCUT2D eigenvalue weighted by Crippen LogP contribution is 2.30. The SMILES string of the molecule is CCOC1CCN(CC2(CNC)CCCOC2)CC1. The average molecular weight is 270 g/mol. The minimum atomic E-state index is 0.325. The summed E-state index contributed by atoms with van der Waals surface area (Å²) in [4.78, 5) is 2.61. The zero-order chi connectivity index (χ0) is 13.6. The lowest BCUT2D eigenvalue weighted by molar-refractivity contribution is -0.0414. The molecule has 1 N–H and O–H groups in total. The summed E-state index contributed by atoms with van der Waals surface area (Å²) in [7, 11) is 2.05. The number of hydrogen-bond acceptors (Lipinski definition) is 4. The Labute approximate surface area is 117 Å². The molecule has 0 aliphatic carbocycles. The van der Waals surface area contributed by atoms with Crippen molar-refractivity contribution in [1.29, 1.82) is 0 Å². The van der Waals surface area contributed by atoms with Gasteiger partial charge in [0.15, 0.2) is 0 Å². The molecule has 0 saturated carbocycles. The average Bonchev–Trinajstić information content (AvgIpc) is 2.43. The van der Waals surface area contributed by atoms with Crippen molar-refractivity contribution in [1.82, 2.24) is 10.2 Å². The van der Waals surface area contributed by atoms with Gasteiger partial charge >= 0.3 is 0 Å². The van der Waals surface area contributed by atoms with E-state index in [1.807, 2.05) is 0 Å². The molecule has 1 atom stereocenters. The quantitative estimate of drug-likeness (QED) is 0.793. The van der Waals surface area contributed by atoms with Crippen molar-refractivity contribution in [3.05, 3.63) is 0 Å². The third-order valence-corrected chi connectivity index (χ3v) is 4.45. The number of nitrogens with one attached hydrogen (secondary N) is 1. The van der Waals surface area contributed by atoms with Crippen LogP contribution >= 0.6 is 0 Å². The fourth-order valence-electron chi connectivity index (χ4n) is 3.55. The lowest BCUT2D eigenvalue weighted by Crippen LogP contribution is -2.50. The van der Waals surface area contributed by atoms with Crippen LogP contribution in [0.3, 0.4) is 0 Å². The van der Waals surface area contributed by atoms with Gasteiger partial charge in [-0.1, -0.05) is 0 Å². The van der Waals surface area contributed by atoms with Crippen LogP contribution < -0.4 is 5.32 Å². The molecule has 2 heterocycles. The fourth-order valence-corrected chi connectivity index (χ4v) is 3.55.